The summed E-state index contributed by atoms with van der Waals surface area (Å²) in [7, 11) is 1.08. The zero-order valence-corrected chi connectivity index (χ0v) is 8.64. The van der Waals surface area contributed by atoms with Gasteiger partial charge in [-0.1, -0.05) is 5.21 Å². The second-order valence-corrected chi connectivity index (χ2v) is 7.22. The molecule has 3 nitrogen and oxygen atoms in total. The van der Waals surface area contributed by atoms with E-state index in [1.165, 1.54) is 0 Å². The van der Waals surface area contributed by atoms with Crippen molar-refractivity contribution in [2.45, 2.75) is 0 Å². The van der Waals surface area contributed by atoms with E-state index >= 15 is 0 Å². The van der Waals surface area contributed by atoms with Crippen LogP contribution in [0.2, 0.25) is 0 Å². The highest BCUT2D eigenvalue weighted by Gasteiger charge is 1.97. The van der Waals surface area contributed by atoms with E-state index in [9.17, 15) is 0 Å². The zero-order valence-electron chi connectivity index (χ0n) is 7.83. The van der Waals surface area contributed by atoms with Crippen LogP contribution in [0.3, 0.4) is 0 Å². The summed E-state index contributed by atoms with van der Waals surface area (Å²) in [6, 6.07) is 0. The van der Waals surface area contributed by atoms with Crippen molar-refractivity contribution in [2.75, 3.05) is 18.8 Å². The molecule has 1 aromatic rings. The number of aromatic nitrogens is 3. The van der Waals surface area contributed by atoms with Crippen molar-refractivity contribution >= 4 is 10.0 Å². The third-order valence-electron chi connectivity index (χ3n) is 1.09. The van der Waals surface area contributed by atoms with Crippen molar-refractivity contribution in [3.05, 3.63) is 11.9 Å². The van der Waals surface area contributed by atoms with Gasteiger partial charge in [-0.3, -0.25) is 4.68 Å². The summed E-state index contributed by atoms with van der Waals surface area (Å²) in [4.78, 5) is 0. The van der Waals surface area contributed by atoms with E-state index < -0.39 is 10.0 Å². The van der Waals surface area contributed by atoms with E-state index in [0.717, 1.165) is 5.69 Å². The highest BCUT2D eigenvalue weighted by atomic mass is 32.3. The van der Waals surface area contributed by atoms with Gasteiger partial charge >= 0.3 is 0 Å². The molecule has 0 aliphatic heterocycles. The lowest BCUT2D eigenvalue weighted by Crippen LogP contribution is -1.85. The van der Waals surface area contributed by atoms with E-state index in [-0.39, 0.29) is 0 Å². The van der Waals surface area contributed by atoms with Crippen LogP contribution in [0.4, 0.5) is 0 Å². The quantitative estimate of drug-likeness (QED) is 0.557. The van der Waals surface area contributed by atoms with E-state index in [2.05, 4.69) is 40.3 Å². The van der Waals surface area contributed by atoms with Gasteiger partial charge in [-0.2, -0.15) is 10.0 Å². The Balaban J connectivity index is 2.80. The summed E-state index contributed by atoms with van der Waals surface area (Å²) in [6.07, 6.45) is 8.27. The molecule has 1 heterocycles. The first kappa shape index (κ1) is 9.14. The van der Waals surface area contributed by atoms with Crippen LogP contribution in [0.5, 0.6) is 0 Å². The molecule has 0 aliphatic rings. The maximum Gasteiger partial charge on any atom is 0.156 e. The molecule has 0 radical (unpaired) electrons. The standard InChI is InChI=1S/C8H13N3S/c1-11-7-8(9-10-11)5-6-12(2,3)4/h7H,1-4H3. The van der Waals surface area contributed by atoms with Crippen molar-refractivity contribution < 1.29 is 0 Å². The largest absolute Gasteiger partial charge is 0.254 e. The summed E-state index contributed by atoms with van der Waals surface area (Å²) in [5, 5.41) is 10.8. The molecule has 0 aliphatic carbocycles. The Labute approximate surface area is 74.5 Å². The first-order chi connectivity index (χ1) is 5.47. The van der Waals surface area contributed by atoms with Gasteiger partial charge in [0, 0.05) is 7.05 Å². The Hall–Kier alpha value is -0.950. The van der Waals surface area contributed by atoms with Crippen LogP contribution in [-0.4, -0.2) is 33.8 Å². The van der Waals surface area contributed by atoms with Gasteiger partial charge in [-0.05, 0) is 29.9 Å². The molecule has 12 heavy (non-hydrogen) atoms. The lowest BCUT2D eigenvalue weighted by molar-refractivity contribution is 0.714. The maximum atomic E-state index is 3.87. The summed E-state index contributed by atoms with van der Waals surface area (Å²) in [5.74, 6) is 3.00. The average molecular weight is 183 g/mol. The second-order valence-electron chi connectivity index (χ2n) is 3.34. The van der Waals surface area contributed by atoms with Crippen LogP contribution < -0.4 is 0 Å². The lowest BCUT2D eigenvalue weighted by Gasteiger charge is -2.14. The molecule has 0 atom stereocenters. The van der Waals surface area contributed by atoms with E-state index in [1.54, 1.807) is 4.68 Å². The predicted molar refractivity (Wildman–Crippen MR) is 53.2 cm³/mol. The van der Waals surface area contributed by atoms with Gasteiger partial charge in [0.25, 0.3) is 0 Å². The molecule has 0 saturated carbocycles. The monoisotopic (exact) mass is 183 g/mol. The summed E-state index contributed by atoms with van der Waals surface area (Å²) in [6.45, 7) is 0. The fraction of sp³-hybridized carbons (Fsp3) is 0.500. The zero-order chi connectivity index (χ0) is 9.19. The summed E-state index contributed by atoms with van der Waals surface area (Å²) in [5.41, 5.74) is 0.750. The summed E-state index contributed by atoms with van der Waals surface area (Å²) >= 11 is 0. The van der Waals surface area contributed by atoms with Gasteiger partial charge in [0.05, 0.1) is 6.20 Å². The highest BCUT2D eigenvalue weighted by Crippen LogP contribution is 2.32. The topological polar surface area (TPSA) is 30.7 Å². The molecule has 0 spiro atoms. The third kappa shape index (κ3) is 2.97. The van der Waals surface area contributed by atoms with E-state index in [4.69, 9.17) is 0 Å². The van der Waals surface area contributed by atoms with Crippen molar-refractivity contribution in [3.8, 4) is 11.2 Å². The van der Waals surface area contributed by atoms with E-state index in [0.29, 0.717) is 0 Å². The fourth-order valence-electron chi connectivity index (χ4n) is 0.610. The Morgan fingerprint density at radius 3 is 2.50 bits per heavy atom. The van der Waals surface area contributed by atoms with Crippen LogP contribution in [0, 0.1) is 11.2 Å². The van der Waals surface area contributed by atoms with Gasteiger partial charge in [-0.25, -0.2) is 0 Å². The molecule has 4 heteroatoms. The molecule has 0 unspecified atom stereocenters. The fourth-order valence-corrected chi connectivity index (χ4v) is 1.02. The lowest BCUT2D eigenvalue weighted by atomic mass is 10.5. The molecular formula is C8H13N3S. The molecule has 0 amide bonds. The van der Waals surface area contributed by atoms with Gasteiger partial charge in [0.15, 0.2) is 5.69 Å². The van der Waals surface area contributed by atoms with Gasteiger partial charge in [-0.15, -0.1) is 5.10 Å². The Kier molecular flexibility index (Phi) is 2.43. The van der Waals surface area contributed by atoms with Crippen LogP contribution in [0.1, 0.15) is 5.69 Å². The van der Waals surface area contributed by atoms with Crippen molar-refractivity contribution in [1.82, 2.24) is 15.0 Å². The minimum Gasteiger partial charge on any atom is -0.254 e. The molecule has 1 aromatic heterocycles. The predicted octanol–water partition coefficient (Wildman–Crippen LogP) is 0.818. The molecule has 66 valence electrons. The Morgan fingerprint density at radius 1 is 1.42 bits per heavy atom. The Morgan fingerprint density at radius 2 is 2.08 bits per heavy atom. The number of hydrogen-bond acceptors (Lipinski definition) is 2. The van der Waals surface area contributed by atoms with E-state index in [1.807, 2.05) is 13.2 Å². The minimum atomic E-state index is -0.751. The van der Waals surface area contributed by atoms with Crippen molar-refractivity contribution in [1.29, 1.82) is 0 Å². The van der Waals surface area contributed by atoms with Crippen molar-refractivity contribution in [3.63, 3.8) is 0 Å². The smallest absolute Gasteiger partial charge is 0.156 e. The number of hydrogen-bond donors (Lipinski definition) is 0. The van der Waals surface area contributed by atoms with Crippen LogP contribution in [0.25, 0.3) is 0 Å². The SMILES string of the molecule is Cn1cc(C#CS(C)(C)C)nn1. The third-order valence-corrected chi connectivity index (χ3v) is 1.80. The molecule has 0 bridgehead atoms. The molecule has 1 rings (SSSR count). The van der Waals surface area contributed by atoms with Gasteiger partial charge < -0.3 is 0 Å². The average Bonchev–Trinajstić information content (AvgIpc) is 2.30. The molecule has 0 N–H and O–H groups in total. The molecule has 0 aromatic carbocycles. The molecular weight excluding hydrogens is 170 g/mol. The van der Waals surface area contributed by atoms with Gasteiger partial charge in [0.2, 0.25) is 0 Å². The molecule has 0 fully saturated rings. The van der Waals surface area contributed by atoms with Crippen LogP contribution in [0.15, 0.2) is 6.20 Å². The minimum absolute atomic E-state index is 0.750. The number of rotatable bonds is 0. The van der Waals surface area contributed by atoms with Gasteiger partial charge in [0.1, 0.15) is 0 Å². The van der Waals surface area contributed by atoms with Crippen molar-refractivity contribution in [2.24, 2.45) is 7.05 Å². The first-order valence-corrected chi connectivity index (χ1v) is 6.40. The summed E-state index contributed by atoms with van der Waals surface area (Å²) < 4.78 is 1.65. The number of aryl methyl sites for hydroxylation is 1. The first-order valence-electron chi connectivity index (χ1n) is 3.55. The van der Waals surface area contributed by atoms with Crippen LogP contribution in [-0.2, 0) is 7.05 Å². The Bertz CT molecular complexity index is 324. The van der Waals surface area contributed by atoms with Crippen LogP contribution >= 0.6 is 10.0 Å². The number of nitrogens with zero attached hydrogens (tertiary/aromatic N) is 3. The highest BCUT2D eigenvalue weighted by molar-refractivity contribution is 8.35. The molecule has 0 saturated heterocycles. The second kappa shape index (κ2) is 3.20. The normalized spacial score (nSPS) is 12.0. The maximum absolute atomic E-state index is 3.87.